The molecule has 1 aromatic rings. The largest absolute Gasteiger partial charge is 0.465 e. The van der Waals surface area contributed by atoms with E-state index in [1.807, 2.05) is 32.0 Å². The normalized spacial score (nSPS) is 9.59. The van der Waals surface area contributed by atoms with Crippen LogP contribution in [0.15, 0.2) is 18.2 Å². The number of rotatable bonds is 3. The molecule has 96 valence electrons. The van der Waals surface area contributed by atoms with Crippen LogP contribution in [0.25, 0.3) is 0 Å². The summed E-state index contributed by atoms with van der Waals surface area (Å²) >= 11 is 0. The van der Waals surface area contributed by atoms with Crippen LogP contribution >= 0.6 is 0 Å². The molecule has 1 rings (SSSR count). The lowest BCUT2D eigenvalue weighted by molar-refractivity contribution is 0.0600. The second-order valence-corrected chi connectivity index (χ2v) is 3.91. The second kappa shape index (κ2) is 7.88. The summed E-state index contributed by atoms with van der Waals surface area (Å²) in [5.41, 5.74) is 3.18. The Kier molecular flexibility index (Phi) is 7.27. The van der Waals surface area contributed by atoms with Gasteiger partial charge in [-0.2, -0.15) is 0 Å². The maximum atomic E-state index is 11.3. The summed E-state index contributed by atoms with van der Waals surface area (Å²) in [7, 11) is 1.41. The Bertz CT molecular complexity index is 354. The van der Waals surface area contributed by atoms with Gasteiger partial charge in [-0.25, -0.2) is 4.79 Å². The third-order valence-electron chi connectivity index (χ3n) is 2.57. The molecule has 0 unspecified atom stereocenters. The number of esters is 1. The molecular weight excluding hydrogens is 212 g/mol. The number of carbonyl (C=O) groups is 1. The van der Waals surface area contributed by atoms with Crippen molar-refractivity contribution in [1.82, 2.24) is 0 Å². The van der Waals surface area contributed by atoms with Gasteiger partial charge in [0.15, 0.2) is 0 Å². The molecule has 0 atom stereocenters. The van der Waals surface area contributed by atoms with Crippen molar-refractivity contribution >= 4 is 5.97 Å². The molecule has 0 spiro atoms. The Morgan fingerprint density at radius 2 is 1.88 bits per heavy atom. The first-order valence-electron chi connectivity index (χ1n) is 6.31. The van der Waals surface area contributed by atoms with Crippen LogP contribution < -0.4 is 0 Å². The maximum Gasteiger partial charge on any atom is 0.337 e. The van der Waals surface area contributed by atoms with Gasteiger partial charge < -0.3 is 4.74 Å². The Morgan fingerprint density at radius 3 is 2.29 bits per heavy atom. The summed E-state index contributed by atoms with van der Waals surface area (Å²) in [4.78, 5) is 11.3. The highest BCUT2D eigenvalue weighted by molar-refractivity contribution is 5.89. The first kappa shape index (κ1) is 15.7. The number of aryl methyl sites for hydroxylation is 1. The van der Waals surface area contributed by atoms with E-state index in [1.54, 1.807) is 0 Å². The van der Waals surface area contributed by atoms with E-state index in [9.17, 15) is 4.79 Å². The van der Waals surface area contributed by atoms with Crippen LogP contribution in [0.5, 0.6) is 0 Å². The van der Waals surface area contributed by atoms with Gasteiger partial charge >= 0.3 is 5.97 Å². The molecule has 0 saturated heterocycles. The first-order chi connectivity index (χ1) is 8.10. The third kappa shape index (κ3) is 4.22. The minimum atomic E-state index is -0.264. The molecule has 0 aromatic heterocycles. The quantitative estimate of drug-likeness (QED) is 0.736. The zero-order valence-electron chi connectivity index (χ0n) is 11.8. The molecule has 0 saturated carbocycles. The maximum absolute atomic E-state index is 11.3. The molecule has 0 N–H and O–H groups in total. The van der Waals surface area contributed by atoms with Gasteiger partial charge in [-0.1, -0.05) is 40.7 Å². The Morgan fingerprint density at radius 1 is 1.29 bits per heavy atom. The van der Waals surface area contributed by atoms with Crippen LogP contribution in [-0.4, -0.2) is 13.1 Å². The van der Waals surface area contributed by atoms with E-state index in [0.29, 0.717) is 11.5 Å². The molecule has 2 heteroatoms. The van der Waals surface area contributed by atoms with Gasteiger partial charge in [-0.15, -0.1) is 0 Å². The first-order valence-corrected chi connectivity index (χ1v) is 6.31. The van der Waals surface area contributed by atoms with E-state index >= 15 is 0 Å². The van der Waals surface area contributed by atoms with E-state index in [1.165, 1.54) is 18.2 Å². The molecule has 2 nitrogen and oxygen atoms in total. The topological polar surface area (TPSA) is 26.3 Å². The molecule has 17 heavy (non-hydrogen) atoms. The van der Waals surface area contributed by atoms with E-state index in [0.717, 1.165) is 6.42 Å². The van der Waals surface area contributed by atoms with Crippen molar-refractivity contribution in [2.75, 3.05) is 7.11 Å². The average Bonchev–Trinajstić information content (AvgIpc) is 2.39. The summed E-state index contributed by atoms with van der Waals surface area (Å²) in [5, 5.41) is 0. The van der Waals surface area contributed by atoms with Gasteiger partial charge in [0, 0.05) is 0 Å². The molecule has 1 aromatic carbocycles. The third-order valence-corrected chi connectivity index (χ3v) is 2.57. The lowest BCUT2D eigenvalue weighted by atomic mass is 9.94. The van der Waals surface area contributed by atoms with E-state index < -0.39 is 0 Å². The number of ether oxygens (including phenoxy) is 1. The van der Waals surface area contributed by atoms with Gasteiger partial charge in [0.05, 0.1) is 12.7 Å². The zero-order chi connectivity index (χ0) is 13.4. The smallest absolute Gasteiger partial charge is 0.337 e. The number of carbonyl (C=O) groups excluding carboxylic acids is 1. The predicted octanol–water partition coefficient (Wildman–Crippen LogP) is 4.19. The Balaban J connectivity index is 0.00000121. The standard InChI is InChI=1S/C13H18O2.C2H6/c1-5-10-8-11(13(14)15-4)6-7-12(10)9(2)3;1-2/h6-9H,5H2,1-4H3;1-2H3. The fourth-order valence-electron chi connectivity index (χ4n) is 1.72. The molecule has 0 aliphatic heterocycles. The fourth-order valence-corrected chi connectivity index (χ4v) is 1.72. The van der Waals surface area contributed by atoms with Crippen LogP contribution in [-0.2, 0) is 11.2 Å². The summed E-state index contributed by atoms with van der Waals surface area (Å²) in [5.74, 6) is 0.228. The van der Waals surface area contributed by atoms with Gasteiger partial charge in [0.2, 0.25) is 0 Å². The zero-order valence-corrected chi connectivity index (χ0v) is 11.8. The van der Waals surface area contributed by atoms with Crippen molar-refractivity contribution in [2.24, 2.45) is 0 Å². The predicted molar refractivity (Wildman–Crippen MR) is 72.6 cm³/mol. The minimum absolute atomic E-state index is 0.264. The molecule has 0 aliphatic rings. The van der Waals surface area contributed by atoms with Gasteiger partial charge in [0.25, 0.3) is 0 Å². The summed E-state index contributed by atoms with van der Waals surface area (Å²) in [6, 6.07) is 5.79. The lowest BCUT2D eigenvalue weighted by Gasteiger charge is -2.12. The van der Waals surface area contributed by atoms with Crippen molar-refractivity contribution in [2.45, 2.75) is 47.0 Å². The highest BCUT2D eigenvalue weighted by Gasteiger charge is 2.10. The number of methoxy groups -OCH3 is 1. The van der Waals surface area contributed by atoms with Gasteiger partial charge in [-0.3, -0.25) is 0 Å². The summed E-state index contributed by atoms with van der Waals surface area (Å²) < 4.78 is 4.70. The van der Waals surface area contributed by atoms with Crippen molar-refractivity contribution < 1.29 is 9.53 Å². The monoisotopic (exact) mass is 236 g/mol. The lowest BCUT2D eigenvalue weighted by Crippen LogP contribution is -2.04. The second-order valence-electron chi connectivity index (χ2n) is 3.91. The van der Waals surface area contributed by atoms with Crippen LogP contribution in [0.4, 0.5) is 0 Å². The molecule has 0 heterocycles. The SMILES string of the molecule is CC.CCc1cc(C(=O)OC)ccc1C(C)C. The van der Waals surface area contributed by atoms with Crippen molar-refractivity contribution in [3.05, 3.63) is 34.9 Å². The molecule has 0 bridgehead atoms. The Hall–Kier alpha value is -1.31. The Labute approximate surface area is 105 Å². The average molecular weight is 236 g/mol. The van der Waals surface area contributed by atoms with Crippen molar-refractivity contribution in [3.63, 3.8) is 0 Å². The molecule has 0 radical (unpaired) electrons. The van der Waals surface area contributed by atoms with Crippen LogP contribution in [0, 0.1) is 0 Å². The van der Waals surface area contributed by atoms with E-state index in [4.69, 9.17) is 4.74 Å². The van der Waals surface area contributed by atoms with Gasteiger partial charge in [-0.05, 0) is 35.6 Å². The number of hydrogen-bond acceptors (Lipinski definition) is 2. The van der Waals surface area contributed by atoms with Crippen LogP contribution in [0.2, 0.25) is 0 Å². The van der Waals surface area contributed by atoms with Crippen LogP contribution in [0.1, 0.15) is 62.0 Å². The molecular formula is C15H24O2. The van der Waals surface area contributed by atoms with E-state index in [-0.39, 0.29) is 5.97 Å². The molecule has 0 aliphatic carbocycles. The van der Waals surface area contributed by atoms with Crippen molar-refractivity contribution in [3.8, 4) is 0 Å². The highest BCUT2D eigenvalue weighted by atomic mass is 16.5. The van der Waals surface area contributed by atoms with E-state index in [2.05, 4.69) is 20.8 Å². The number of benzene rings is 1. The molecule has 0 fully saturated rings. The van der Waals surface area contributed by atoms with Gasteiger partial charge in [0.1, 0.15) is 0 Å². The minimum Gasteiger partial charge on any atom is -0.465 e. The summed E-state index contributed by atoms with van der Waals surface area (Å²) in [6.07, 6.45) is 0.943. The highest BCUT2D eigenvalue weighted by Crippen LogP contribution is 2.21. The van der Waals surface area contributed by atoms with Crippen LogP contribution in [0.3, 0.4) is 0 Å². The molecule has 0 amide bonds. The summed E-state index contributed by atoms with van der Waals surface area (Å²) in [6.45, 7) is 10.4. The fraction of sp³-hybridized carbons (Fsp3) is 0.533. The van der Waals surface area contributed by atoms with Crippen molar-refractivity contribution in [1.29, 1.82) is 0 Å². The number of hydrogen-bond donors (Lipinski definition) is 0.